The number of rotatable bonds is 1. The minimum absolute atomic E-state index is 0.0623. The fourth-order valence-electron chi connectivity index (χ4n) is 5.68. The van der Waals surface area contributed by atoms with Crippen LogP contribution in [0.1, 0.15) is 31.0 Å². The van der Waals surface area contributed by atoms with Gasteiger partial charge < -0.3 is 20.4 Å². The molecule has 9 nitrogen and oxygen atoms in total. The van der Waals surface area contributed by atoms with E-state index in [2.05, 4.69) is 49.9 Å². The second kappa shape index (κ2) is 7.57. The number of imidazole rings is 1. The number of aromatic amines is 2. The minimum atomic E-state index is 0.0623. The molecule has 0 aliphatic carbocycles. The molecule has 0 radical (unpaired) electrons. The molecule has 2 aliphatic heterocycles. The zero-order chi connectivity index (χ0) is 23.6. The highest BCUT2D eigenvalue weighted by molar-refractivity contribution is 5.95. The molecule has 9 heteroatoms. The molecule has 6 heterocycles. The summed E-state index contributed by atoms with van der Waals surface area (Å²) >= 11 is 0. The normalized spacial score (nSPS) is 21.8. The lowest BCUT2D eigenvalue weighted by molar-refractivity contribution is 0.0973. The lowest BCUT2D eigenvalue weighted by atomic mass is 9.73. The maximum absolute atomic E-state index is 6.52. The van der Waals surface area contributed by atoms with Gasteiger partial charge in [-0.2, -0.15) is 10.1 Å². The van der Waals surface area contributed by atoms with E-state index in [4.69, 9.17) is 15.5 Å². The van der Waals surface area contributed by atoms with Crippen LogP contribution in [0, 0.1) is 17.3 Å². The highest BCUT2D eigenvalue weighted by atomic mass is 16.5. The van der Waals surface area contributed by atoms with Crippen LogP contribution in [-0.4, -0.2) is 61.4 Å². The molecule has 1 spiro atoms. The summed E-state index contributed by atoms with van der Waals surface area (Å²) in [7, 11) is 0. The van der Waals surface area contributed by atoms with Gasteiger partial charge in [-0.3, -0.25) is 9.50 Å². The molecule has 1 aromatic carbocycles. The van der Waals surface area contributed by atoms with Gasteiger partial charge in [0.2, 0.25) is 5.95 Å². The quantitative estimate of drug-likeness (QED) is 0.328. The Kier molecular flexibility index (Phi) is 4.43. The topological polar surface area (TPSA) is 113 Å². The largest absolute Gasteiger partial charge is 0.376 e. The van der Waals surface area contributed by atoms with Gasteiger partial charge in [0.05, 0.1) is 23.6 Å². The van der Waals surface area contributed by atoms with Gasteiger partial charge in [0, 0.05) is 54.1 Å². The summed E-state index contributed by atoms with van der Waals surface area (Å²) in [6.45, 7) is 4.56. The van der Waals surface area contributed by atoms with E-state index in [0.29, 0.717) is 11.3 Å². The maximum Gasteiger partial charge on any atom is 0.213 e. The van der Waals surface area contributed by atoms with E-state index in [9.17, 15) is 0 Å². The number of para-hydroxylation sites is 1. The summed E-state index contributed by atoms with van der Waals surface area (Å²) < 4.78 is 7.93. The maximum atomic E-state index is 6.52. The van der Waals surface area contributed by atoms with E-state index < -0.39 is 0 Å². The van der Waals surface area contributed by atoms with Gasteiger partial charge in [-0.15, -0.1) is 0 Å². The van der Waals surface area contributed by atoms with Crippen LogP contribution in [0.25, 0.3) is 27.6 Å². The number of nitrogens with two attached hydrogens (primary N) is 1. The molecule has 5 aromatic rings. The van der Waals surface area contributed by atoms with Crippen LogP contribution in [-0.2, 0) is 4.74 Å². The Bertz CT molecular complexity index is 1620. The number of fused-ring (bicyclic) bond motifs is 4. The number of aromatic nitrogens is 6. The van der Waals surface area contributed by atoms with Gasteiger partial charge in [0.25, 0.3) is 0 Å². The molecular weight excluding hydrogens is 440 g/mol. The van der Waals surface area contributed by atoms with Crippen LogP contribution in [0.5, 0.6) is 0 Å². The average Bonchev–Trinajstić information content (AvgIpc) is 3.67. The third-order valence-electron chi connectivity index (χ3n) is 7.83. The molecule has 2 atom stereocenters. The lowest BCUT2D eigenvalue weighted by Gasteiger charge is -2.41. The van der Waals surface area contributed by atoms with Crippen molar-refractivity contribution >= 4 is 33.5 Å². The SMILES string of the molecule is C[C@@H]1OCC2(CCN(c3nc4[nH]nc(C#Cc5cccc6cc[nH]c56)c4c4nccn34)CC2)[C@@H]1N. The first-order valence-corrected chi connectivity index (χ1v) is 12.0. The predicted molar refractivity (Wildman–Crippen MR) is 134 cm³/mol. The summed E-state index contributed by atoms with van der Waals surface area (Å²) in [4.78, 5) is 15.2. The summed E-state index contributed by atoms with van der Waals surface area (Å²) in [5.74, 6) is 7.38. The smallest absolute Gasteiger partial charge is 0.213 e. The zero-order valence-corrected chi connectivity index (χ0v) is 19.5. The molecule has 176 valence electrons. The molecule has 4 aromatic heterocycles. The van der Waals surface area contributed by atoms with E-state index in [1.165, 1.54) is 0 Å². The van der Waals surface area contributed by atoms with Gasteiger partial charge in [0.15, 0.2) is 11.3 Å². The summed E-state index contributed by atoms with van der Waals surface area (Å²) in [5, 5.41) is 9.55. The minimum Gasteiger partial charge on any atom is -0.376 e. The zero-order valence-electron chi connectivity index (χ0n) is 19.5. The van der Waals surface area contributed by atoms with Gasteiger partial charge in [-0.25, -0.2) is 4.98 Å². The van der Waals surface area contributed by atoms with E-state index >= 15 is 0 Å². The van der Waals surface area contributed by atoms with Crippen LogP contribution < -0.4 is 10.6 Å². The molecule has 0 bridgehead atoms. The molecule has 0 amide bonds. The first-order valence-electron chi connectivity index (χ1n) is 12.0. The Morgan fingerprint density at radius 2 is 2.09 bits per heavy atom. The monoisotopic (exact) mass is 466 g/mol. The summed E-state index contributed by atoms with van der Waals surface area (Å²) in [5.41, 5.74) is 10.7. The first-order chi connectivity index (χ1) is 17.1. The van der Waals surface area contributed by atoms with Crippen molar-refractivity contribution in [3.8, 4) is 11.8 Å². The number of benzene rings is 1. The number of hydrogen-bond acceptors (Lipinski definition) is 6. The first kappa shape index (κ1) is 20.5. The third kappa shape index (κ3) is 3.07. The fraction of sp³-hybridized carbons (Fsp3) is 0.346. The standard InChI is InChI=1S/C26H26N8O/c1-16-22(27)26(15-35-16)8-12-33(13-9-26)25-30-23-20(24-29-11-14-34(24)25)19(31-32-23)6-5-17-3-2-4-18-7-10-28-21(17)18/h2-4,7,10-11,14,16,22,28H,8-9,12-13,15,27H2,1H3,(H,31,32)/t16-,22+/m0/s1. The molecule has 7 rings (SSSR count). The van der Waals surface area contributed by atoms with Crippen molar-refractivity contribution in [2.75, 3.05) is 24.6 Å². The second-order valence-corrected chi connectivity index (χ2v) is 9.72. The Morgan fingerprint density at radius 3 is 2.91 bits per heavy atom. The fourth-order valence-corrected chi connectivity index (χ4v) is 5.68. The molecule has 2 saturated heterocycles. The van der Waals surface area contributed by atoms with Crippen LogP contribution >= 0.6 is 0 Å². The van der Waals surface area contributed by atoms with Gasteiger partial charge in [0.1, 0.15) is 5.69 Å². The molecule has 0 unspecified atom stereocenters. The van der Waals surface area contributed by atoms with Gasteiger partial charge in [-0.05, 0) is 37.8 Å². The van der Waals surface area contributed by atoms with Crippen molar-refractivity contribution in [1.29, 1.82) is 0 Å². The van der Waals surface area contributed by atoms with E-state index in [1.807, 2.05) is 35.0 Å². The Balaban J connectivity index is 1.25. The molecule has 35 heavy (non-hydrogen) atoms. The number of nitrogens with zero attached hydrogens (tertiary/aromatic N) is 5. The predicted octanol–water partition coefficient (Wildman–Crippen LogP) is 2.82. The second-order valence-electron chi connectivity index (χ2n) is 9.72. The van der Waals surface area contributed by atoms with Crippen LogP contribution in [0.4, 0.5) is 5.95 Å². The van der Waals surface area contributed by atoms with Crippen molar-refractivity contribution in [3.63, 3.8) is 0 Å². The summed E-state index contributed by atoms with van der Waals surface area (Å²) in [6, 6.07) is 8.21. The Hall–Kier alpha value is -3.87. The number of H-pyrrole nitrogens is 2. The highest BCUT2D eigenvalue weighted by Crippen LogP contribution is 2.42. The van der Waals surface area contributed by atoms with Crippen molar-refractivity contribution in [2.24, 2.45) is 11.1 Å². The molecule has 0 saturated carbocycles. The van der Waals surface area contributed by atoms with Crippen LogP contribution in [0.15, 0.2) is 42.9 Å². The molecule has 4 N–H and O–H groups in total. The summed E-state index contributed by atoms with van der Waals surface area (Å²) in [6.07, 6.45) is 7.77. The van der Waals surface area contributed by atoms with Crippen molar-refractivity contribution in [3.05, 3.63) is 54.1 Å². The molecular formula is C26H26N8O. The molecule has 2 fully saturated rings. The number of nitrogens with one attached hydrogen (secondary N) is 2. The Morgan fingerprint density at radius 1 is 1.20 bits per heavy atom. The third-order valence-corrected chi connectivity index (χ3v) is 7.83. The number of hydrogen-bond donors (Lipinski definition) is 3. The molecule has 2 aliphatic rings. The Labute approximate surface area is 201 Å². The van der Waals surface area contributed by atoms with E-state index in [0.717, 1.165) is 66.0 Å². The van der Waals surface area contributed by atoms with Gasteiger partial charge in [-0.1, -0.05) is 18.1 Å². The number of piperidine rings is 1. The number of ether oxygens (including phenoxy) is 1. The average molecular weight is 467 g/mol. The van der Waals surface area contributed by atoms with Crippen molar-refractivity contribution in [2.45, 2.75) is 31.9 Å². The van der Waals surface area contributed by atoms with Crippen molar-refractivity contribution in [1.82, 2.24) is 29.5 Å². The van der Waals surface area contributed by atoms with E-state index in [-0.39, 0.29) is 17.6 Å². The van der Waals surface area contributed by atoms with Gasteiger partial charge >= 0.3 is 0 Å². The highest BCUT2D eigenvalue weighted by Gasteiger charge is 2.47. The van der Waals surface area contributed by atoms with E-state index in [1.54, 1.807) is 6.20 Å². The van der Waals surface area contributed by atoms with Crippen molar-refractivity contribution < 1.29 is 4.74 Å². The number of anilines is 1. The van der Waals surface area contributed by atoms with Crippen LogP contribution in [0.3, 0.4) is 0 Å². The lowest BCUT2D eigenvalue weighted by Crippen LogP contribution is -2.51. The van der Waals surface area contributed by atoms with Crippen LogP contribution in [0.2, 0.25) is 0 Å².